The molecule has 1 unspecified atom stereocenters. The average Bonchev–Trinajstić information content (AvgIpc) is 3.04. The molecular weight excluding hydrogens is 184 g/mol. The topological polar surface area (TPSA) is 20.2 Å². The standard InChI is InChI=1S/C14H20O/c1-3-5-12-6-4-7-13(14(12)15)10(2)11-8-9-11/h4,6-7,10-11,15H,3,5,8-9H2,1-2H3. The second-order valence-electron chi connectivity index (χ2n) is 4.73. The molecule has 0 bridgehead atoms. The van der Waals surface area contributed by atoms with Crippen molar-refractivity contribution in [3.8, 4) is 5.75 Å². The Morgan fingerprint density at radius 2 is 2.13 bits per heavy atom. The van der Waals surface area contributed by atoms with Gasteiger partial charge >= 0.3 is 0 Å². The third kappa shape index (κ3) is 2.17. The van der Waals surface area contributed by atoms with Crippen LogP contribution in [0.15, 0.2) is 18.2 Å². The third-order valence-corrected chi connectivity index (χ3v) is 3.49. The zero-order valence-corrected chi connectivity index (χ0v) is 9.66. The van der Waals surface area contributed by atoms with E-state index in [0.29, 0.717) is 11.7 Å². The van der Waals surface area contributed by atoms with Gasteiger partial charge in [-0.25, -0.2) is 0 Å². The third-order valence-electron chi connectivity index (χ3n) is 3.49. The van der Waals surface area contributed by atoms with Gasteiger partial charge in [0.05, 0.1) is 0 Å². The number of para-hydroxylation sites is 1. The first-order valence-corrected chi connectivity index (χ1v) is 6.04. The molecule has 0 spiro atoms. The number of hydrogen-bond acceptors (Lipinski definition) is 1. The molecule has 0 aromatic heterocycles. The van der Waals surface area contributed by atoms with E-state index in [1.165, 1.54) is 12.8 Å². The van der Waals surface area contributed by atoms with Crippen molar-refractivity contribution in [2.75, 3.05) is 0 Å². The smallest absolute Gasteiger partial charge is 0.122 e. The van der Waals surface area contributed by atoms with Crippen LogP contribution < -0.4 is 0 Å². The summed E-state index contributed by atoms with van der Waals surface area (Å²) in [6.07, 6.45) is 4.74. The lowest BCUT2D eigenvalue weighted by Gasteiger charge is -2.15. The molecular formula is C14H20O. The number of aryl methyl sites for hydroxylation is 1. The van der Waals surface area contributed by atoms with Crippen molar-refractivity contribution in [3.05, 3.63) is 29.3 Å². The number of hydrogen-bond donors (Lipinski definition) is 1. The molecule has 1 aliphatic carbocycles. The average molecular weight is 204 g/mol. The van der Waals surface area contributed by atoms with Gasteiger partial charge in [-0.2, -0.15) is 0 Å². The number of benzene rings is 1. The highest BCUT2D eigenvalue weighted by Crippen LogP contribution is 2.45. The van der Waals surface area contributed by atoms with Crippen LogP contribution in [0.4, 0.5) is 0 Å². The molecule has 0 amide bonds. The number of phenols is 1. The molecule has 1 aromatic carbocycles. The molecule has 1 N–H and O–H groups in total. The van der Waals surface area contributed by atoms with Gasteiger partial charge in [0.25, 0.3) is 0 Å². The van der Waals surface area contributed by atoms with Crippen LogP contribution in [0.1, 0.15) is 50.2 Å². The number of aromatic hydroxyl groups is 1. The van der Waals surface area contributed by atoms with Crippen molar-refractivity contribution in [1.82, 2.24) is 0 Å². The fraction of sp³-hybridized carbons (Fsp3) is 0.571. The van der Waals surface area contributed by atoms with Crippen molar-refractivity contribution < 1.29 is 5.11 Å². The monoisotopic (exact) mass is 204 g/mol. The van der Waals surface area contributed by atoms with Gasteiger partial charge in [-0.3, -0.25) is 0 Å². The predicted molar refractivity (Wildman–Crippen MR) is 63.2 cm³/mol. The van der Waals surface area contributed by atoms with Crippen LogP contribution >= 0.6 is 0 Å². The van der Waals surface area contributed by atoms with Crippen LogP contribution in [0, 0.1) is 5.92 Å². The largest absolute Gasteiger partial charge is 0.507 e. The minimum atomic E-state index is 0.529. The lowest BCUT2D eigenvalue weighted by atomic mass is 9.92. The van der Waals surface area contributed by atoms with Gasteiger partial charge in [0.2, 0.25) is 0 Å². The molecule has 0 saturated heterocycles. The molecule has 0 radical (unpaired) electrons. The Kier molecular flexibility index (Phi) is 2.99. The highest BCUT2D eigenvalue weighted by atomic mass is 16.3. The Morgan fingerprint density at radius 1 is 1.40 bits per heavy atom. The summed E-state index contributed by atoms with van der Waals surface area (Å²) in [5, 5.41) is 10.2. The maximum absolute atomic E-state index is 10.2. The van der Waals surface area contributed by atoms with Gasteiger partial charge in [-0.1, -0.05) is 38.5 Å². The summed E-state index contributed by atoms with van der Waals surface area (Å²) in [5.74, 6) is 1.90. The number of phenolic OH excluding ortho intramolecular Hbond substituents is 1. The summed E-state index contributed by atoms with van der Waals surface area (Å²) in [6, 6.07) is 6.21. The fourth-order valence-corrected chi connectivity index (χ4v) is 2.30. The van der Waals surface area contributed by atoms with Crippen molar-refractivity contribution in [2.24, 2.45) is 5.92 Å². The number of rotatable bonds is 4. The van der Waals surface area contributed by atoms with Crippen LogP contribution in [-0.4, -0.2) is 5.11 Å². The van der Waals surface area contributed by atoms with E-state index in [-0.39, 0.29) is 0 Å². The first kappa shape index (κ1) is 10.5. The second kappa shape index (κ2) is 4.26. The first-order valence-electron chi connectivity index (χ1n) is 6.04. The van der Waals surface area contributed by atoms with Gasteiger partial charge in [0.1, 0.15) is 5.75 Å². The molecule has 1 saturated carbocycles. The highest BCUT2D eigenvalue weighted by Gasteiger charge is 2.30. The maximum atomic E-state index is 10.2. The van der Waals surface area contributed by atoms with Crippen molar-refractivity contribution in [2.45, 2.75) is 45.4 Å². The van der Waals surface area contributed by atoms with E-state index in [4.69, 9.17) is 0 Å². The molecule has 1 aliphatic rings. The highest BCUT2D eigenvalue weighted by molar-refractivity contribution is 5.42. The Labute approximate surface area is 92.1 Å². The molecule has 0 aliphatic heterocycles. The second-order valence-corrected chi connectivity index (χ2v) is 4.73. The van der Waals surface area contributed by atoms with Crippen LogP contribution in [-0.2, 0) is 6.42 Å². The van der Waals surface area contributed by atoms with Gasteiger partial charge < -0.3 is 5.11 Å². The minimum Gasteiger partial charge on any atom is -0.507 e. The van der Waals surface area contributed by atoms with E-state index in [2.05, 4.69) is 26.0 Å². The molecule has 0 heterocycles. The molecule has 82 valence electrons. The van der Waals surface area contributed by atoms with Gasteiger partial charge in [0, 0.05) is 0 Å². The fourth-order valence-electron chi connectivity index (χ4n) is 2.30. The zero-order chi connectivity index (χ0) is 10.8. The van der Waals surface area contributed by atoms with Crippen molar-refractivity contribution in [1.29, 1.82) is 0 Å². The predicted octanol–water partition coefficient (Wildman–Crippen LogP) is 3.86. The Hall–Kier alpha value is -0.980. The van der Waals surface area contributed by atoms with Crippen LogP contribution in [0.3, 0.4) is 0 Å². The van der Waals surface area contributed by atoms with E-state index >= 15 is 0 Å². The molecule has 15 heavy (non-hydrogen) atoms. The van der Waals surface area contributed by atoms with Gasteiger partial charge in [0.15, 0.2) is 0 Å². The molecule has 1 aromatic rings. The molecule has 1 atom stereocenters. The zero-order valence-electron chi connectivity index (χ0n) is 9.66. The summed E-state index contributed by atoms with van der Waals surface area (Å²) in [4.78, 5) is 0. The summed E-state index contributed by atoms with van der Waals surface area (Å²) < 4.78 is 0. The first-order chi connectivity index (χ1) is 7.24. The molecule has 1 nitrogen and oxygen atoms in total. The van der Waals surface area contributed by atoms with Crippen molar-refractivity contribution in [3.63, 3.8) is 0 Å². The van der Waals surface area contributed by atoms with Crippen LogP contribution in [0.2, 0.25) is 0 Å². The molecule has 1 heteroatoms. The molecule has 1 fully saturated rings. The van der Waals surface area contributed by atoms with E-state index in [1.54, 1.807) is 0 Å². The van der Waals surface area contributed by atoms with Gasteiger partial charge in [-0.15, -0.1) is 0 Å². The van der Waals surface area contributed by atoms with Gasteiger partial charge in [-0.05, 0) is 42.2 Å². The lowest BCUT2D eigenvalue weighted by Crippen LogP contribution is -1.98. The Morgan fingerprint density at radius 3 is 2.73 bits per heavy atom. The van der Waals surface area contributed by atoms with E-state index < -0.39 is 0 Å². The summed E-state index contributed by atoms with van der Waals surface area (Å²) in [7, 11) is 0. The van der Waals surface area contributed by atoms with E-state index in [1.807, 2.05) is 6.07 Å². The Balaban J connectivity index is 2.26. The van der Waals surface area contributed by atoms with Crippen molar-refractivity contribution >= 4 is 0 Å². The van der Waals surface area contributed by atoms with E-state index in [9.17, 15) is 5.11 Å². The summed E-state index contributed by atoms with van der Waals surface area (Å²) in [6.45, 7) is 4.39. The van der Waals surface area contributed by atoms with E-state index in [0.717, 1.165) is 29.9 Å². The Bertz CT molecular complexity index is 339. The normalized spacial score (nSPS) is 17.7. The lowest BCUT2D eigenvalue weighted by molar-refractivity contribution is 0.451. The summed E-state index contributed by atoms with van der Waals surface area (Å²) >= 11 is 0. The SMILES string of the molecule is CCCc1cccc(C(C)C2CC2)c1O. The van der Waals surface area contributed by atoms with Crippen LogP contribution in [0.25, 0.3) is 0 Å². The maximum Gasteiger partial charge on any atom is 0.122 e. The summed E-state index contributed by atoms with van der Waals surface area (Å²) in [5.41, 5.74) is 2.27. The molecule has 2 rings (SSSR count). The van der Waals surface area contributed by atoms with Crippen LogP contribution in [0.5, 0.6) is 5.75 Å². The quantitative estimate of drug-likeness (QED) is 0.789. The minimum absolute atomic E-state index is 0.529.